The van der Waals surface area contributed by atoms with Gasteiger partial charge in [-0.25, -0.2) is 0 Å². The van der Waals surface area contributed by atoms with Crippen LogP contribution < -0.4 is 5.32 Å². The lowest BCUT2D eigenvalue weighted by atomic mass is 9.97. The number of likely N-dealkylation sites (N-methyl/N-ethyl adjacent to an activating group) is 1. The lowest BCUT2D eigenvalue weighted by Gasteiger charge is -2.19. The van der Waals surface area contributed by atoms with Crippen LogP contribution in [0.4, 0.5) is 0 Å². The number of ether oxygens (including phenoxy) is 1. The maximum Gasteiger partial charge on any atom is 0.0480 e. The molecule has 1 N–H and O–H groups in total. The van der Waals surface area contributed by atoms with Crippen molar-refractivity contribution in [2.45, 2.75) is 39.2 Å². The van der Waals surface area contributed by atoms with Gasteiger partial charge in [0.25, 0.3) is 0 Å². The average Bonchev–Trinajstić information content (AvgIpc) is 2.52. The molecule has 2 rings (SSSR count). The van der Waals surface area contributed by atoms with Gasteiger partial charge in [-0.2, -0.15) is 0 Å². The minimum absolute atomic E-state index is 0.484. The first-order valence-electron chi connectivity index (χ1n) is 8.13. The van der Waals surface area contributed by atoms with Gasteiger partial charge in [0.05, 0.1) is 0 Å². The standard InChI is InChI=1S/C19H27NO/c1-3-13-21-14-12-18(20-4-2)15-17-10-7-9-16-8-5-6-11-19(16)17/h5-11,18,20H,3-4,12-15H2,1-2H3. The molecule has 0 aliphatic heterocycles. The summed E-state index contributed by atoms with van der Waals surface area (Å²) in [4.78, 5) is 0. The van der Waals surface area contributed by atoms with Gasteiger partial charge in [-0.05, 0) is 42.1 Å². The summed E-state index contributed by atoms with van der Waals surface area (Å²) in [6.07, 6.45) is 3.22. The van der Waals surface area contributed by atoms with Gasteiger partial charge in [-0.3, -0.25) is 0 Å². The molecule has 0 aliphatic carbocycles. The van der Waals surface area contributed by atoms with E-state index >= 15 is 0 Å². The zero-order valence-corrected chi connectivity index (χ0v) is 13.3. The van der Waals surface area contributed by atoms with Gasteiger partial charge >= 0.3 is 0 Å². The third-order valence-electron chi connectivity index (χ3n) is 3.80. The van der Waals surface area contributed by atoms with Gasteiger partial charge in [0, 0.05) is 19.3 Å². The summed E-state index contributed by atoms with van der Waals surface area (Å²) in [6, 6.07) is 15.7. The number of hydrogen-bond acceptors (Lipinski definition) is 2. The molecule has 0 aliphatic rings. The van der Waals surface area contributed by atoms with Crippen LogP contribution in [0.3, 0.4) is 0 Å². The Labute approximate surface area is 128 Å². The molecule has 0 saturated carbocycles. The first-order valence-corrected chi connectivity index (χ1v) is 8.13. The van der Waals surface area contributed by atoms with Crippen LogP contribution >= 0.6 is 0 Å². The summed E-state index contributed by atoms with van der Waals surface area (Å²) >= 11 is 0. The summed E-state index contributed by atoms with van der Waals surface area (Å²) in [6.45, 7) is 7.04. The highest BCUT2D eigenvalue weighted by Gasteiger charge is 2.10. The number of rotatable bonds is 9. The molecule has 0 spiro atoms. The molecule has 2 aromatic rings. The molecule has 0 saturated heterocycles. The summed E-state index contributed by atoms with van der Waals surface area (Å²) in [5.41, 5.74) is 1.43. The average molecular weight is 285 g/mol. The van der Waals surface area contributed by atoms with E-state index in [9.17, 15) is 0 Å². The van der Waals surface area contributed by atoms with Crippen LogP contribution in [0.2, 0.25) is 0 Å². The van der Waals surface area contributed by atoms with Gasteiger partial charge in [0.1, 0.15) is 0 Å². The molecule has 1 unspecified atom stereocenters. The Kier molecular flexibility index (Phi) is 6.71. The molecule has 0 bridgehead atoms. The van der Waals surface area contributed by atoms with Gasteiger partial charge < -0.3 is 10.1 Å². The van der Waals surface area contributed by atoms with Crippen LogP contribution in [-0.2, 0) is 11.2 Å². The van der Waals surface area contributed by atoms with Crippen molar-refractivity contribution in [3.63, 3.8) is 0 Å². The van der Waals surface area contributed by atoms with Crippen molar-refractivity contribution in [2.24, 2.45) is 0 Å². The fraction of sp³-hybridized carbons (Fsp3) is 0.474. The van der Waals surface area contributed by atoms with Gasteiger partial charge in [-0.15, -0.1) is 0 Å². The highest BCUT2D eigenvalue weighted by atomic mass is 16.5. The Bertz CT molecular complexity index is 533. The van der Waals surface area contributed by atoms with Gasteiger partial charge in [0.15, 0.2) is 0 Å². The van der Waals surface area contributed by atoms with E-state index in [0.29, 0.717) is 6.04 Å². The quantitative estimate of drug-likeness (QED) is 0.698. The van der Waals surface area contributed by atoms with Crippen LogP contribution in [0.1, 0.15) is 32.3 Å². The van der Waals surface area contributed by atoms with Crippen molar-refractivity contribution >= 4 is 10.8 Å². The predicted octanol–water partition coefficient (Wildman–Crippen LogP) is 4.18. The second-order valence-electron chi connectivity index (χ2n) is 5.50. The van der Waals surface area contributed by atoms with Crippen LogP contribution in [0, 0.1) is 0 Å². The highest BCUT2D eigenvalue weighted by Crippen LogP contribution is 2.20. The molecule has 0 radical (unpaired) electrons. The molecule has 21 heavy (non-hydrogen) atoms. The second kappa shape index (κ2) is 8.81. The summed E-state index contributed by atoms with van der Waals surface area (Å²) in [7, 11) is 0. The van der Waals surface area contributed by atoms with Crippen molar-refractivity contribution in [2.75, 3.05) is 19.8 Å². The minimum Gasteiger partial charge on any atom is -0.381 e. The fourth-order valence-corrected chi connectivity index (χ4v) is 2.77. The van der Waals surface area contributed by atoms with Crippen molar-refractivity contribution in [1.29, 1.82) is 0 Å². The topological polar surface area (TPSA) is 21.3 Å². The zero-order valence-electron chi connectivity index (χ0n) is 13.3. The molecule has 2 heteroatoms. The Morgan fingerprint density at radius 1 is 1.00 bits per heavy atom. The molecule has 0 aromatic heterocycles. The van der Waals surface area contributed by atoms with Gasteiger partial charge in [-0.1, -0.05) is 56.3 Å². The second-order valence-corrected chi connectivity index (χ2v) is 5.50. The van der Waals surface area contributed by atoms with E-state index in [1.807, 2.05) is 0 Å². The van der Waals surface area contributed by atoms with E-state index in [1.165, 1.54) is 16.3 Å². The maximum absolute atomic E-state index is 5.64. The normalized spacial score (nSPS) is 12.7. The summed E-state index contributed by atoms with van der Waals surface area (Å²) < 4.78 is 5.64. The molecule has 0 fully saturated rings. The number of nitrogens with one attached hydrogen (secondary N) is 1. The molecule has 1 atom stereocenters. The predicted molar refractivity (Wildman–Crippen MR) is 90.8 cm³/mol. The minimum atomic E-state index is 0.484. The molecule has 114 valence electrons. The van der Waals surface area contributed by atoms with Crippen LogP contribution in [0.25, 0.3) is 10.8 Å². The van der Waals surface area contributed by atoms with Crippen molar-refractivity contribution in [3.05, 3.63) is 48.0 Å². The van der Waals surface area contributed by atoms with Crippen LogP contribution in [-0.4, -0.2) is 25.8 Å². The van der Waals surface area contributed by atoms with E-state index < -0.39 is 0 Å². The molecular formula is C19H27NO. The molecule has 2 nitrogen and oxygen atoms in total. The third kappa shape index (κ3) is 4.83. The maximum atomic E-state index is 5.64. The molecular weight excluding hydrogens is 258 g/mol. The Morgan fingerprint density at radius 2 is 1.81 bits per heavy atom. The monoisotopic (exact) mass is 285 g/mol. The van der Waals surface area contributed by atoms with E-state index in [2.05, 4.69) is 61.6 Å². The largest absolute Gasteiger partial charge is 0.381 e. The zero-order chi connectivity index (χ0) is 14.9. The lowest BCUT2D eigenvalue weighted by Crippen LogP contribution is -2.32. The number of benzene rings is 2. The van der Waals surface area contributed by atoms with Gasteiger partial charge in [0.2, 0.25) is 0 Å². The summed E-state index contributed by atoms with van der Waals surface area (Å²) in [5.74, 6) is 0. The van der Waals surface area contributed by atoms with Crippen molar-refractivity contribution in [3.8, 4) is 0 Å². The first kappa shape index (κ1) is 16.0. The van der Waals surface area contributed by atoms with E-state index in [0.717, 1.165) is 39.0 Å². The van der Waals surface area contributed by atoms with Crippen LogP contribution in [0.15, 0.2) is 42.5 Å². The Balaban J connectivity index is 2.04. The number of fused-ring (bicyclic) bond motifs is 1. The lowest BCUT2D eigenvalue weighted by molar-refractivity contribution is 0.124. The first-order chi connectivity index (χ1) is 10.3. The molecule has 2 aromatic carbocycles. The van der Waals surface area contributed by atoms with Crippen LogP contribution in [0.5, 0.6) is 0 Å². The summed E-state index contributed by atoms with van der Waals surface area (Å²) in [5, 5.41) is 6.29. The Hall–Kier alpha value is -1.38. The smallest absolute Gasteiger partial charge is 0.0480 e. The van der Waals surface area contributed by atoms with E-state index in [1.54, 1.807) is 0 Å². The van der Waals surface area contributed by atoms with Crippen molar-refractivity contribution in [1.82, 2.24) is 5.32 Å². The van der Waals surface area contributed by atoms with E-state index in [-0.39, 0.29) is 0 Å². The molecule has 0 heterocycles. The third-order valence-corrected chi connectivity index (χ3v) is 3.80. The van der Waals surface area contributed by atoms with E-state index in [4.69, 9.17) is 4.74 Å². The van der Waals surface area contributed by atoms with Crippen molar-refractivity contribution < 1.29 is 4.74 Å². The fourth-order valence-electron chi connectivity index (χ4n) is 2.77. The highest BCUT2D eigenvalue weighted by molar-refractivity contribution is 5.85. The SMILES string of the molecule is CCCOCCC(Cc1cccc2ccccc12)NCC. The number of hydrogen-bond donors (Lipinski definition) is 1. The molecule has 0 amide bonds. The Morgan fingerprint density at radius 3 is 2.62 bits per heavy atom.